The summed E-state index contributed by atoms with van der Waals surface area (Å²) in [7, 11) is 0. The fourth-order valence-corrected chi connectivity index (χ4v) is 1.11. The molecule has 0 aromatic heterocycles. The maximum atomic E-state index is 11.2. The van der Waals surface area contributed by atoms with E-state index in [1.165, 1.54) is 0 Å². The summed E-state index contributed by atoms with van der Waals surface area (Å²) in [6.45, 7) is 11.5. The lowest BCUT2D eigenvalue weighted by molar-refractivity contribution is -0.152. The number of carbonyl (C=O) groups is 1. The minimum Gasteiger partial charge on any atom is -0.465 e. The van der Waals surface area contributed by atoms with E-state index in [1.807, 2.05) is 20.8 Å². The Kier molecular flexibility index (Phi) is 5.29. The molecule has 0 rings (SSSR count). The van der Waals surface area contributed by atoms with Crippen LogP contribution in [0.25, 0.3) is 0 Å². The van der Waals surface area contributed by atoms with E-state index in [2.05, 4.69) is 0 Å². The van der Waals surface area contributed by atoms with Gasteiger partial charge in [0.25, 0.3) is 0 Å². The van der Waals surface area contributed by atoms with Crippen LogP contribution in [0.4, 0.5) is 0 Å². The summed E-state index contributed by atoms with van der Waals surface area (Å²) in [5, 5.41) is 10.1. The van der Waals surface area contributed by atoms with E-state index < -0.39 is 5.60 Å². The van der Waals surface area contributed by atoms with Gasteiger partial charge in [0.05, 0.1) is 18.1 Å². The number of aliphatic hydroxyl groups is 1. The number of rotatable bonds is 5. The van der Waals surface area contributed by atoms with Gasteiger partial charge < -0.3 is 9.84 Å². The van der Waals surface area contributed by atoms with Crippen LogP contribution in [-0.4, -0.2) is 23.3 Å². The van der Waals surface area contributed by atoms with Crippen molar-refractivity contribution in [3.05, 3.63) is 0 Å². The maximum Gasteiger partial charge on any atom is 0.308 e. The maximum absolute atomic E-state index is 11.2. The van der Waals surface area contributed by atoms with Crippen molar-refractivity contribution in [3.8, 4) is 0 Å². The van der Waals surface area contributed by atoms with Gasteiger partial charge in [-0.3, -0.25) is 4.79 Å². The monoisotopic (exact) mass is 216 g/mol. The third-order valence-corrected chi connectivity index (χ3v) is 3.11. The van der Waals surface area contributed by atoms with Gasteiger partial charge in [0.15, 0.2) is 0 Å². The molecular weight excluding hydrogens is 192 g/mol. The molecule has 15 heavy (non-hydrogen) atoms. The van der Waals surface area contributed by atoms with Crippen molar-refractivity contribution >= 4 is 5.97 Å². The lowest BCUT2D eigenvalue weighted by atomic mass is 9.82. The van der Waals surface area contributed by atoms with Gasteiger partial charge in [-0.25, -0.2) is 0 Å². The lowest BCUT2D eigenvalue weighted by Gasteiger charge is -2.33. The van der Waals surface area contributed by atoms with Crippen LogP contribution in [0.1, 0.15) is 41.5 Å². The molecule has 0 aromatic carbocycles. The van der Waals surface area contributed by atoms with Gasteiger partial charge in [-0.2, -0.15) is 0 Å². The average Bonchev–Trinajstić information content (AvgIpc) is 2.12. The van der Waals surface area contributed by atoms with Crippen LogP contribution >= 0.6 is 0 Å². The zero-order valence-electron chi connectivity index (χ0n) is 10.7. The second-order valence-corrected chi connectivity index (χ2v) is 5.07. The molecule has 0 aliphatic carbocycles. The summed E-state index contributed by atoms with van der Waals surface area (Å²) in [6, 6.07) is 0. The van der Waals surface area contributed by atoms with Gasteiger partial charge >= 0.3 is 5.97 Å². The Bertz CT molecular complexity index is 207. The molecule has 0 aliphatic rings. The van der Waals surface area contributed by atoms with E-state index >= 15 is 0 Å². The topological polar surface area (TPSA) is 46.5 Å². The molecule has 3 nitrogen and oxygen atoms in total. The Balaban J connectivity index is 4.15. The van der Waals surface area contributed by atoms with Gasteiger partial charge in [-0.05, 0) is 12.8 Å². The van der Waals surface area contributed by atoms with Crippen molar-refractivity contribution in [2.24, 2.45) is 17.8 Å². The van der Waals surface area contributed by atoms with E-state index in [1.54, 1.807) is 20.8 Å². The lowest BCUT2D eigenvalue weighted by Crippen LogP contribution is -2.41. The number of esters is 1. The Hall–Kier alpha value is -0.570. The van der Waals surface area contributed by atoms with Crippen LogP contribution in [0.15, 0.2) is 0 Å². The minimum absolute atomic E-state index is 0.0554. The van der Waals surface area contributed by atoms with E-state index in [4.69, 9.17) is 4.74 Å². The van der Waals surface area contributed by atoms with Crippen LogP contribution in [-0.2, 0) is 9.53 Å². The van der Waals surface area contributed by atoms with Crippen LogP contribution < -0.4 is 0 Å². The van der Waals surface area contributed by atoms with E-state index in [-0.39, 0.29) is 30.3 Å². The molecule has 0 heterocycles. The van der Waals surface area contributed by atoms with Crippen molar-refractivity contribution in [3.63, 3.8) is 0 Å². The molecule has 90 valence electrons. The van der Waals surface area contributed by atoms with Crippen LogP contribution in [0, 0.1) is 17.8 Å². The molecule has 0 saturated carbocycles. The average molecular weight is 216 g/mol. The molecule has 0 saturated heterocycles. The predicted octanol–water partition coefficient (Wildman–Crippen LogP) is 2.23. The smallest absolute Gasteiger partial charge is 0.308 e. The first-order chi connectivity index (χ1) is 6.69. The predicted molar refractivity (Wildman–Crippen MR) is 60.4 cm³/mol. The highest BCUT2D eigenvalue weighted by Crippen LogP contribution is 2.25. The van der Waals surface area contributed by atoms with Gasteiger partial charge in [0, 0.05) is 5.92 Å². The van der Waals surface area contributed by atoms with Gasteiger partial charge in [-0.1, -0.05) is 34.6 Å². The quantitative estimate of drug-likeness (QED) is 0.717. The Morgan fingerprint density at radius 3 is 2.07 bits per heavy atom. The van der Waals surface area contributed by atoms with E-state index in [9.17, 15) is 9.90 Å². The first kappa shape index (κ1) is 14.4. The molecule has 2 unspecified atom stereocenters. The molecule has 3 heteroatoms. The highest BCUT2D eigenvalue weighted by molar-refractivity contribution is 5.71. The van der Waals surface area contributed by atoms with Crippen molar-refractivity contribution in [2.45, 2.75) is 47.1 Å². The van der Waals surface area contributed by atoms with Gasteiger partial charge in [0.1, 0.15) is 0 Å². The second-order valence-electron chi connectivity index (χ2n) is 5.07. The van der Waals surface area contributed by atoms with Crippen LogP contribution in [0.5, 0.6) is 0 Å². The molecule has 1 N–H and O–H groups in total. The molecule has 0 bridgehead atoms. The number of ether oxygens (including phenoxy) is 1. The summed E-state index contributed by atoms with van der Waals surface area (Å²) in [5.74, 6) is -0.229. The molecule has 2 atom stereocenters. The molecule has 0 amide bonds. The highest BCUT2D eigenvalue weighted by atomic mass is 16.5. The summed E-state index contributed by atoms with van der Waals surface area (Å²) in [4.78, 5) is 11.2. The summed E-state index contributed by atoms with van der Waals surface area (Å²) in [6.07, 6.45) is 0. The Labute approximate surface area is 92.8 Å². The molecule has 0 spiro atoms. The zero-order chi connectivity index (χ0) is 12.2. The molecular formula is C12H24O3. The molecule has 0 aliphatic heterocycles. The number of hydrogen-bond acceptors (Lipinski definition) is 3. The SMILES string of the molecule is CC(C)C(=O)OCC(C)C(C)(O)C(C)C. The van der Waals surface area contributed by atoms with Crippen LogP contribution in [0.2, 0.25) is 0 Å². The normalized spacial score (nSPS) is 17.7. The molecule has 0 fully saturated rings. The van der Waals surface area contributed by atoms with Gasteiger partial charge in [0.2, 0.25) is 0 Å². The van der Waals surface area contributed by atoms with Crippen molar-refractivity contribution in [2.75, 3.05) is 6.61 Å². The Morgan fingerprint density at radius 2 is 1.73 bits per heavy atom. The number of carbonyl (C=O) groups excluding carboxylic acids is 1. The Morgan fingerprint density at radius 1 is 1.27 bits per heavy atom. The first-order valence-electron chi connectivity index (χ1n) is 5.58. The van der Waals surface area contributed by atoms with Crippen molar-refractivity contribution < 1.29 is 14.6 Å². The third kappa shape index (κ3) is 4.20. The number of hydrogen-bond donors (Lipinski definition) is 1. The van der Waals surface area contributed by atoms with E-state index in [0.717, 1.165) is 0 Å². The largest absolute Gasteiger partial charge is 0.465 e. The third-order valence-electron chi connectivity index (χ3n) is 3.11. The standard InChI is InChI=1S/C12H24O3/c1-8(2)11(13)15-7-10(5)12(6,14)9(3)4/h8-10,14H,7H2,1-6H3. The summed E-state index contributed by atoms with van der Waals surface area (Å²) in [5.41, 5.74) is -0.794. The van der Waals surface area contributed by atoms with Crippen LogP contribution in [0.3, 0.4) is 0 Å². The zero-order valence-corrected chi connectivity index (χ0v) is 10.7. The van der Waals surface area contributed by atoms with Crippen molar-refractivity contribution in [1.82, 2.24) is 0 Å². The first-order valence-corrected chi connectivity index (χ1v) is 5.58. The summed E-state index contributed by atoms with van der Waals surface area (Å²) < 4.78 is 5.10. The molecule has 0 radical (unpaired) electrons. The molecule has 0 aromatic rings. The summed E-state index contributed by atoms with van der Waals surface area (Å²) >= 11 is 0. The highest BCUT2D eigenvalue weighted by Gasteiger charge is 2.32. The minimum atomic E-state index is -0.794. The fourth-order valence-electron chi connectivity index (χ4n) is 1.11. The fraction of sp³-hybridized carbons (Fsp3) is 0.917. The van der Waals surface area contributed by atoms with Crippen molar-refractivity contribution in [1.29, 1.82) is 0 Å². The second kappa shape index (κ2) is 5.50. The van der Waals surface area contributed by atoms with Gasteiger partial charge in [-0.15, -0.1) is 0 Å². The van der Waals surface area contributed by atoms with E-state index in [0.29, 0.717) is 0 Å².